The highest BCUT2D eigenvalue weighted by Gasteiger charge is 2.45. The first-order valence-corrected chi connectivity index (χ1v) is 11.1. The van der Waals surface area contributed by atoms with E-state index in [4.69, 9.17) is 0 Å². The Morgan fingerprint density at radius 1 is 0.900 bits per heavy atom. The lowest BCUT2D eigenvalue weighted by atomic mass is 9.68. The van der Waals surface area contributed by atoms with Crippen LogP contribution in [0.25, 0.3) is 0 Å². The number of Topliss-reactive ketones (excluding diaryl/α,β-unsaturated/α-hetero) is 3. The maximum absolute atomic E-state index is 13.6. The molecule has 1 aliphatic carbocycles. The summed E-state index contributed by atoms with van der Waals surface area (Å²) in [7, 11) is 0. The van der Waals surface area contributed by atoms with Crippen LogP contribution in [0.5, 0.6) is 0 Å². The summed E-state index contributed by atoms with van der Waals surface area (Å²) in [5.74, 6) is -1.37. The fraction of sp³-hybridized carbons (Fsp3) is 0.577. The number of allylic oxidation sites excluding steroid dienone is 7. The second-order valence-electron chi connectivity index (χ2n) is 8.79. The van der Waals surface area contributed by atoms with Crippen LogP contribution >= 0.6 is 0 Å². The predicted octanol–water partition coefficient (Wildman–Crippen LogP) is 6.53. The Kier molecular flexibility index (Phi) is 10.2. The van der Waals surface area contributed by atoms with Crippen LogP contribution in [0.2, 0.25) is 0 Å². The average Bonchev–Trinajstić information content (AvgIpc) is 2.69. The molecule has 0 spiro atoms. The largest absolute Gasteiger partial charge is 0.506 e. The van der Waals surface area contributed by atoms with Gasteiger partial charge >= 0.3 is 0 Å². The van der Waals surface area contributed by atoms with Crippen LogP contribution in [0.4, 0.5) is 0 Å². The Hall–Kier alpha value is -2.23. The second kappa shape index (κ2) is 11.8. The quantitative estimate of drug-likeness (QED) is 0.291. The van der Waals surface area contributed by atoms with Crippen molar-refractivity contribution in [3.05, 3.63) is 46.3 Å². The second-order valence-corrected chi connectivity index (χ2v) is 8.79. The average molecular weight is 415 g/mol. The molecule has 0 heterocycles. The molecule has 0 bridgehead atoms. The summed E-state index contributed by atoms with van der Waals surface area (Å²) in [6.07, 6.45) is 9.84. The van der Waals surface area contributed by atoms with Gasteiger partial charge in [-0.15, -0.1) is 0 Å². The van der Waals surface area contributed by atoms with Crippen molar-refractivity contribution in [2.75, 3.05) is 0 Å². The minimum absolute atomic E-state index is 0.132. The topological polar surface area (TPSA) is 71.4 Å². The number of aliphatic hydroxyl groups excluding tert-OH is 1. The molecule has 4 heteroatoms. The van der Waals surface area contributed by atoms with E-state index in [1.54, 1.807) is 6.08 Å². The van der Waals surface area contributed by atoms with Crippen molar-refractivity contribution in [1.82, 2.24) is 0 Å². The maximum Gasteiger partial charge on any atom is 0.180 e. The molecule has 30 heavy (non-hydrogen) atoms. The number of rotatable bonds is 12. The SMILES string of the molecule is CCCCC(=O)C1=CC(CC=C(C)C)(CC=C(C)C)C(=O)C(C(=O)CCCC)=C1O. The van der Waals surface area contributed by atoms with E-state index in [1.807, 2.05) is 53.7 Å². The van der Waals surface area contributed by atoms with Crippen molar-refractivity contribution in [3.63, 3.8) is 0 Å². The molecule has 0 saturated heterocycles. The summed E-state index contributed by atoms with van der Waals surface area (Å²) in [5, 5.41) is 10.8. The first-order chi connectivity index (χ1) is 14.1. The molecule has 4 nitrogen and oxygen atoms in total. The zero-order valence-corrected chi connectivity index (χ0v) is 19.6. The summed E-state index contributed by atoms with van der Waals surface area (Å²) in [6.45, 7) is 11.8. The van der Waals surface area contributed by atoms with Gasteiger partial charge in [0.25, 0.3) is 0 Å². The standard InChI is InChI=1S/C26H38O4/c1-7-9-11-21(27)20-17-26(15-13-18(3)4,16-14-19(5)6)25(30)23(24(20)29)22(28)12-10-8-2/h13-14,17,29H,7-12,15-16H2,1-6H3. The summed E-state index contributed by atoms with van der Waals surface area (Å²) in [4.78, 5) is 39.4. The van der Waals surface area contributed by atoms with Gasteiger partial charge in [0.2, 0.25) is 0 Å². The molecule has 0 radical (unpaired) electrons. The van der Waals surface area contributed by atoms with Gasteiger partial charge in [-0.05, 0) is 53.4 Å². The van der Waals surface area contributed by atoms with Gasteiger partial charge in [-0.1, -0.05) is 56.1 Å². The zero-order valence-electron chi connectivity index (χ0n) is 19.6. The summed E-state index contributed by atoms with van der Waals surface area (Å²) in [5.41, 5.74) is 1.03. The van der Waals surface area contributed by atoms with Crippen molar-refractivity contribution in [2.24, 2.45) is 5.41 Å². The normalized spacial score (nSPS) is 15.5. The smallest absolute Gasteiger partial charge is 0.180 e. The number of hydrogen-bond acceptors (Lipinski definition) is 4. The number of carbonyl (C=O) groups excluding carboxylic acids is 3. The van der Waals surface area contributed by atoms with Crippen molar-refractivity contribution < 1.29 is 19.5 Å². The van der Waals surface area contributed by atoms with E-state index in [9.17, 15) is 19.5 Å². The molecule has 166 valence electrons. The number of ketones is 3. The Morgan fingerprint density at radius 3 is 1.80 bits per heavy atom. The Balaban J connectivity index is 3.64. The molecular weight excluding hydrogens is 376 g/mol. The molecule has 0 unspecified atom stereocenters. The van der Waals surface area contributed by atoms with E-state index >= 15 is 0 Å². The van der Waals surface area contributed by atoms with Gasteiger partial charge in [-0.25, -0.2) is 0 Å². The van der Waals surface area contributed by atoms with Crippen LogP contribution in [0.3, 0.4) is 0 Å². The van der Waals surface area contributed by atoms with Crippen LogP contribution < -0.4 is 0 Å². The van der Waals surface area contributed by atoms with Gasteiger partial charge < -0.3 is 5.11 Å². The molecule has 0 atom stereocenters. The molecule has 0 aliphatic heterocycles. The van der Waals surface area contributed by atoms with Gasteiger partial charge in [-0.2, -0.15) is 0 Å². The van der Waals surface area contributed by atoms with Gasteiger partial charge in [0.15, 0.2) is 17.3 Å². The van der Waals surface area contributed by atoms with Gasteiger partial charge in [0.05, 0.1) is 11.0 Å². The van der Waals surface area contributed by atoms with E-state index < -0.39 is 11.2 Å². The lowest BCUT2D eigenvalue weighted by molar-refractivity contribution is -0.126. The fourth-order valence-corrected chi connectivity index (χ4v) is 3.47. The molecule has 0 amide bonds. The molecule has 0 fully saturated rings. The third-order valence-electron chi connectivity index (χ3n) is 5.43. The number of carbonyl (C=O) groups is 3. The number of aliphatic hydroxyl groups is 1. The molecular formula is C26H38O4. The summed E-state index contributed by atoms with van der Waals surface area (Å²) >= 11 is 0. The van der Waals surface area contributed by atoms with Gasteiger partial charge in [-0.3, -0.25) is 14.4 Å². The fourth-order valence-electron chi connectivity index (χ4n) is 3.47. The summed E-state index contributed by atoms with van der Waals surface area (Å²) < 4.78 is 0. The highest BCUT2D eigenvalue weighted by molar-refractivity contribution is 6.25. The van der Waals surface area contributed by atoms with Crippen LogP contribution in [-0.4, -0.2) is 22.5 Å². The van der Waals surface area contributed by atoms with Crippen LogP contribution in [0, 0.1) is 5.41 Å². The third-order valence-corrected chi connectivity index (χ3v) is 5.43. The Morgan fingerprint density at radius 2 is 1.37 bits per heavy atom. The molecule has 0 aromatic carbocycles. The van der Waals surface area contributed by atoms with Crippen molar-refractivity contribution >= 4 is 17.3 Å². The van der Waals surface area contributed by atoms with Crippen molar-refractivity contribution in [1.29, 1.82) is 0 Å². The van der Waals surface area contributed by atoms with E-state index in [2.05, 4.69) is 0 Å². The highest BCUT2D eigenvalue weighted by atomic mass is 16.3. The molecule has 0 aromatic heterocycles. The maximum atomic E-state index is 13.6. The summed E-state index contributed by atoms with van der Waals surface area (Å²) in [6, 6.07) is 0. The van der Waals surface area contributed by atoms with Crippen molar-refractivity contribution in [3.8, 4) is 0 Å². The van der Waals surface area contributed by atoms with E-state index in [0.717, 1.165) is 24.0 Å². The predicted molar refractivity (Wildman–Crippen MR) is 122 cm³/mol. The van der Waals surface area contributed by atoms with E-state index in [-0.39, 0.29) is 34.9 Å². The first kappa shape index (κ1) is 25.8. The third kappa shape index (κ3) is 6.65. The molecule has 1 rings (SSSR count). The van der Waals surface area contributed by atoms with Gasteiger partial charge in [0.1, 0.15) is 11.3 Å². The number of hydrogen-bond donors (Lipinski definition) is 1. The molecule has 0 aromatic rings. The molecule has 0 saturated carbocycles. The van der Waals surface area contributed by atoms with Gasteiger partial charge in [0, 0.05) is 12.8 Å². The van der Waals surface area contributed by atoms with Crippen LogP contribution in [0.15, 0.2) is 46.3 Å². The Bertz CT molecular complexity index is 762. The lowest BCUT2D eigenvalue weighted by Gasteiger charge is -2.33. The van der Waals surface area contributed by atoms with E-state index in [1.165, 1.54) is 0 Å². The zero-order chi connectivity index (χ0) is 22.9. The minimum atomic E-state index is -1.03. The molecule has 1 N–H and O–H groups in total. The lowest BCUT2D eigenvalue weighted by Crippen LogP contribution is -2.38. The van der Waals surface area contributed by atoms with E-state index in [0.29, 0.717) is 32.1 Å². The monoisotopic (exact) mass is 414 g/mol. The Labute approximate surface area is 181 Å². The van der Waals surface area contributed by atoms with Crippen LogP contribution in [-0.2, 0) is 14.4 Å². The first-order valence-electron chi connectivity index (χ1n) is 11.1. The van der Waals surface area contributed by atoms with Crippen molar-refractivity contribution in [2.45, 2.75) is 92.9 Å². The number of unbranched alkanes of at least 4 members (excludes halogenated alkanes) is 2. The van der Waals surface area contributed by atoms with Crippen LogP contribution in [0.1, 0.15) is 92.9 Å². The highest BCUT2D eigenvalue weighted by Crippen LogP contribution is 2.42. The molecule has 1 aliphatic rings. The minimum Gasteiger partial charge on any atom is -0.506 e.